The van der Waals surface area contributed by atoms with E-state index in [-0.39, 0.29) is 22.3 Å². The Bertz CT molecular complexity index is 2140. The second-order valence-electron chi connectivity index (χ2n) is 10.5. The van der Waals surface area contributed by atoms with Crippen LogP contribution in [0.15, 0.2) is 60.9 Å². The molecule has 0 aliphatic carbocycles. The Hall–Kier alpha value is -3.26. The Morgan fingerprint density at radius 1 is 0.932 bits per heavy atom. The molecule has 17 heteroatoms. The largest absolute Gasteiger partial charge is 0.387 e. The summed E-state index contributed by atoms with van der Waals surface area (Å²) in [5, 5.41) is 31.0. The summed E-state index contributed by atoms with van der Waals surface area (Å²) in [6, 6.07) is 18.3. The summed E-state index contributed by atoms with van der Waals surface area (Å²) < 4.78 is 35.0. The van der Waals surface area contributed by atoms with Crippen molar-refractivity contribution in [2.45, 2.75) is 24.5 Å². The van der Waals surface area contributed by atoms with Crippen molar-refractivity contribution in [2.75, 3.05) is 17.8 Å². The second-order valence-corrected chi connectivity index (χ2v) is 14.9. The van der Waals surface area contributed by atoms with Crippen molar-refractivity contribution in [3.05, 3.63) is 66.2 Å². The third-order valence-electron chi connectivity index (χ3n) is 7.59. The van der Waals surface area contributed by atoms with E-state index >= 15 is 0 Å². The molecule has 0 amide bonds. The highest BCUT2D eigenvalue weighted by Crippen LogP contribution is 2.55. The van der Waals surface area contributed by atoms with Crippen LogP contribution < -0.4 is 5.32 Å². The Balaban J connectivity index is 1.21. The number of rotatable bonds is 8. The third-order valence-corrected chi connectivity index (χ3v) is 11.2. The van der Waals surface area contributed by atoms with E-state index in [9.17, 15) is 24.2 Å². The number of anilines is 2. The van der Waals surface area contributed by atoms with Gasteiger partial charge in [0.2, 0.25) is 5.28 Å². The fourth-order valence-corrected chi connectivity index (χ4v) is 8.43. The van der Waals surface area contributed by atoms with Crippen molar-refractivity contribution < 1.29 is 43.3 Å². The lowest BCUT2D eigenvalue weighted by atomic mass is 9.93. The SMILES string of the molecule is O=P(O)(O)CP(=O)(O)OC[C@H]1O[C@@H](n2cnc3c(Nc4ccc5ccc6cccc7ccc4c5c67)nc(Cl)nc32)[C@@H](O)[C@H]1O. The summed E-state index contributed by atoms with van der Waals surface area (Å²) >= 11 is 6.32. The molecule has 7 rings (SSSR count). The number of imidazole rings is 1. The zero-order chi connectivity index (χ0) is 31.0. The van der Waals surface area contributed by atoms with Crippen molar-refractivity contribution in [1.82, 2.24) is 19.5 Å². The van der Waals surface area contributed by atoms with Crippen molar-refractivity contribution in [3.8, 4) is 0 Å². The molecule has 228 valence electrons. The molecule has 1 aliphatic rings. The Morgan fingerprint density at radius 2 is 1.61 bits per heavy atom. The highest BCUT2D eigenvalue weighted by atomic mass is 35.5. The summed E-state index contributed by atoms with van der Waals surface area (Å²) in [4.78, 5) is 40.8. The molecule has 0 bridgehead atoms. The van der Waals surface area contributed by atoms with Crippen LogP contribution in [0.2, 0.25) is 5.28 Å². The normalized spacial score (nSPS) is 22.4. The van der Waals surface area contributed by atoms with E-state index in [1.54, 1.807) is 0 Å². The zero-order valence-corrected chi connectivity index (χ0v) is 25.0. The maximum absolute atomic E-state index is 12.1. The molecule has 0 spiro atoms. The number of benzene rings is 4. The van der Waals surface area contributed by atoms with E-state index in [1.807, 2.05) is 24.3 Å². The third kappa shape index (κ3) is 5.23. The van der Waals surface area contributed by atoms with Gasteiger partial charge in [0.05, 0.1) is 12.9 Å². The van der Waals surface area contributed by atoms with E-state index in [2.05, 4.69) is 50.6 Å². The smallest absolute Gasteiger partial charge is 0.340 e. The number of hydrogen-bond acceptors (Lipinski definition) is 10. The molecular weight excluding hydrogens is 636 g/mol. The molecule has 1 fully saturated rings. The van der Waals surface area contributed by atoms with E-state index in [0.717, 1.165) is 38.0 Å². The summed E-state index contributed by atoms with van der Waals surface area (Å²) in [7, 11) is -9.57. The van der Waals surface area contributed by atoms with Gasteiger partial charge in [-0.05, 0) is 44.6 Å². The van der Waals surface area contributed by atoms with Crippen LogP contribution in [-0.4, -0.2) is 75.2 Å². The lowest BCUT2D eigenvalue weighted by Crippen LogP contribution is -2.33. The van der Waals surface area contributed by atoms with Gasteiger partial charge in [-0.3, -0.25) is 13.7 Å². The average Bonchev–Trinajstić information content (AvgIpc) is 3.50. The molecule has 0 saturated carbocycles. The minimum absolute atomic E-state index is 0.133. The van der Waals surface area contributed by atoms with Crippen molar-refractivity contribution >= 4 is 81.8 Å². The monoisotopic (exact) mass is 659 g/mol. The van der Waals surface area contributed by atoms with Crippen LogP contribution >= 0.6 is 26.8 Å². The summed E-state index contributed by atoms with van der Waals surface area (Å²) in [6.07, 6.45) is -4.41. The van der Waals surface area contributed by atoms with Crippen LogP contribution in [0.3, 0.4) is 0 Å². The van der Waals surface area contributed by atoms with Gasteiger partial charge >= 0.3 is 15.2 Å². The Morgan fingerprint density at radius 3 is 2.34 bits per heavy atom. The molecule has 44 heavy (non-hydrogen) atoms. The predicted molar refractivity (Wildman–Crippen MR) is 162 cm³/mol. The van der Waals surface area contributed by atoms with Crippen LogP contribution in [0.4, 0.5) is 11.5 Å². The lowest BCUT2D eigenvalue weighted by molar-refractivity contribution is -0.0483. The Labute approximate surface area is 252 Å². The summed E-state index contributed by atoms with van der Waals surface area (Å²) in [5.74, 6) is -1.13. The first-order chi connectivity index (χ1) is 20.9. The molecule has 2 aromatic heterocycles. The number of aromatic nitrogens is 4. The van der Waals surface area contributed by atoms with Crippen LogP contribution in [-0.2, 0) is 18.4 Å². The molecule has 1 unspecified atom stereocenters. The number of aliphatic hydroxyl groups is 2. The van der Waals surface area contributed by atoms with E-state index in [0.29, 0.717) is 0 Å². The molecule has 6 N–H and O–H groups in total. The second kappa shape index (κ2) is 10.7. The maximum atomic E-state index is 12.1. The molecule has 5 atom stereocenters. The standard InChI is InChI=1S/C27H24ClN5O9P2/c28-27-31-24(30-17-9-7-15-5-4-13-2-1-3-14-6-8-16(17)20(15)19(13)14)21-25(32-27)33(11-29-21)26-23(35)22(34)18(42-26)10-41-44(39,40)12-43(36,37)38/h1-9,11,18,22-23,26,34-35H,10,12H2,(H,39,40)(H,30,31,32)(H2,36,37,38)/t18-,22+,23+,26-/m1/s1. The first-order valence-electron chi connectivity index (χ1n) is 13.2. The van der Waals surface area contributed by atoms with E-state index in [4.69, 9.17) is 30.6 Å². The number of halogens is 1. The van der Waals surface area contributed by atoms with Gasteiger partial charge in [-0.1, -0.05) is 48.5 Å². The van der Waals surface area contributed by atoms with Gasteiger partial charge in [0.1, 0.15) is 18.3 Å². The average molecular weight is 660 g/mol. The maximum Gasteiger partial charge on any atom is 0.340 e. The highest BCUT2D eigenvalue weighted by molar-refractivity contribution is 7.70. The minimum Gasteiger partial charge on any atom is -0.387 e. The van der Waals surface area contributed by atoms with Gasteiger partial charge in [-0.25, -0.2) is 4.98 Å². The first kappa shape index (κ1) is 29.5. The quantitative estimate of drug-likeness (QED) is 0.0774. The fourth-order valence-electron chi connectivity index (χ4n) is 5.70. The van der Waals surface area contributed by atoms with Crippen molar-refractivity contribution in [3.63, 3.8) is 0 Å². The molecule has 0 radical (unpaired) electrons. The van der Waals surface area contributed by atoms with Gasteiger partial charge in [-0.2, -0.15) is 9.97 Å². The van der Waals surface area contributed by atoms with Crippen LogP contribution in [0.25, 0.3) is 43.5 Å². The lowest BCUT2D eigenvalue weighted by Gasteiger charge is -2.18. The Kier molecular flexibility index (Phi) is 7.15. The van der Waals surface area contributed by atoms with Gasteiger partial charge < -0.3 is 39.5 Å². The molecule has 6 aromatic rings. The number of hydrogen-bond donors (Lipinski definition) is 6. The van der Waals surface area contributed by atoms with Gasteiger partial charge in [-0.15, -0.1) is 0 Å². The molecule has 3 heterocycles. The van der Waals surface area contributed by atoms with Gasteiger partial charge in [0.25, 0.3) is 0 Å². The first-order valence-corrected chi connectivity index (χ1v) is 17.2. The number of nitrogens with zero attached hydrogens (tertiary/aromatic N) is 4. The summed E-state index contributed by atoms with van der Waals surface area (Å²) in [6.45, 7) is -0.730. The van der Waals surface area contributed by atoms with Crippen molar-refractivity contribution in [2.24, 2.45) is 0 Å². The number of fused-ring (bicyclic) bond motifs is 1. The minimum atomic E-state index is -4.86. The molecule has 4 aromatic carbocycles. The zero-order valence-electron chi connectivity index (χ0n) is 22.4. The number of ether oxygens (including phenoxy) is 1. The predicted octanol–water partition coefficient (Wildman–Crippen LogP) is 4.08. The van der Waals surface area contributed by atoms with Crippen LogP contribution in [0, 0.1) is 0 Å². The van der Waals surface area contributed by atoms with Crippen LogP contribution in [0.1, 0.15) is 6.23 Å². The molecule has 1 aliphatic heterocycles. The number of aliphatic hydroxyl groups excluding tert-OH is 2. The van der Waals surface area contributed by atoms with E-state index < -0.39 is 52.2 Å². The van der Waals surface area contributed by atoms with E-state index in [1.165, 1.54) is 10.9 Å². The van der Waals surface area contributed by atoms with Gasteiger partial charge in [0.15, 0.2) is 29.1 Å². The number of nitrogens with one attached hydrogen (secondary N) is 1. The topological polar surface area (TPSA) is 209 Å². The molecule has 1 saturated heterocycles. The molecule has 14 nitrogen and oxygen atoms in total. The fraction of sp³-hybridized carbons (Fsp3) is 0.222. The molecular formula is C27H24ClN5O9P2. The highest BCUT2D eigenvalue weighted by Gasteiger charge is 2.45. The van der Waals surface area contributed by atoms with Gasteiger partial charge in [0, 0.05) is 11.1 Å². The summed E-state index contributed by atoms with van der Waals surface area (Å²) in [5.41, 5.74) is 1.19. The van der Waals surface area contributed by atoms with Crippen molar-refractivity contribution in [1.29, 1.82) is 0 Å². The van der Waals surface area contributed by atoms with Crippen LogP contribution in [0.5, 0.6) is 0 Å².